The van der Waals surface area contributed by atoms with Gasteiger partial charge in [0.2, 0.25) is 11.8 Å². The van der Waals surface area contributed by atoms with Gasteiger partial charge in [0.05, 0.1) is 25.4 Å². The van der Waals surface area contributed by atoms with Gasteiger partial charge in [-0.25, -0.2) is 4.98 Å². The van der Waals surface area contributed by atoms with E-state index < -0.39 is 0 Å². The molecule has 2 aliphatic heterocycles. The molecule has 2 fully saturated rings. The zero-order chi connectivity index (χ0) is 18.5. The molecule has 0 saturated carbocycles. The highest BCUT2D eigenvalue weighted by atomic mass is 35.5. The van der Waals surface area contributed by atoms with Crippen LogP contribution in [0.3, 0.4) is 0 Å². The third-order valence-corrected chi connectivity index (χ3v) is 5.31. The fourth-order valence-electron chi connectivity index (χ4n) is 3.66. The normalized spacial score (nSPS) is 25.3. The fourth-order valence-corrected chi connectivity index (χ4v) is 3.83. The van der Waals surface area contributed by atoms with Crippen molar-refractivity contribution in [2.45, 2.75) is 38.9 Å². The van der Waals surface area contributed by atoms with Gasteiger partial charge in [-0.1, -0.05) is 11.6 Å². The summed E-state index contributed by atoms with van der Waals surface area (Å²) in [5, 5.41) is 0.546. The maximum absolute atomic E-state index is 12.6. The van der Waals surface area contributed by atoms with Crippen LogP contribution in [0.2, 0.25) is 5.02 Å². The number of likely N-dealkylation sites (tertiary alicyclic amines) is 1. The van der Waals surface area contributed by atoms with Crippen molar-refractivity contribution in [3.63, 3.8) is 0 Å². The van der Waals surface area contributed by atoms with E-state index in [0.717, 1.165) is 25.9 Å². The quantitative estimate of drug-likeness (QED) is 0.784. The molecule has 2 aliphatic rings. The molecule has 1 aromatic rings. The molecule has 7 heteroatoms. The summed E-state index contributed by atoms with van der Waals surface area (Å²) in [6.45, 7) is 8.40. The molecule has 0 N–H and O–H groups in total. The topological polar surface area (TPSA) is 54.9 Å². The minimum atomic E-state index is 0.115. The van der Waals surface area contributed by atoms with E-state index in [2.05, 4.69) is 9.88 Å². The largest absolute Gasteiger partial charge is 0.476 e. The monoisotopic (exact) mass is 381 g/mol. The second-order valence-electron chi connectivity index (χ2n) is 7.38. The highest BCUT2D eigenvalue weighted by Crippen LogP contribution is 2.23. The number of halogens is 1. The lowest BCUT2D eigenvalue weighted by molar-refractivity contribution is -0.144. The number of hydrogen-bond donors (Lipinski definition) is 0. The molecule has 3 heterocycles. The van der Waals surface area contributed by atoms with Crippen LogP contribution in [0.1, 0.15) is 26.7 Å². The molecule has 1 amide bonds. The fraction of sp³-hybridized carbons (Fsp3) is 0.684. The van der Waals surface area contributed by atoms with Crippen molar-refractivity contribution in [1.82, 2.24) is 14.8 Å². The van der Waals surface area contributed by atoms with E-state index in [1.54, 1.807) is 18.3 Å². The summed E-state index contributed by atoms with van der Waals surface area (Å²) in [5.41, 5.74) is 0. The Hall–Kier alpha value is -1.37. The van der Waals surface area contributed by atoms with Crippen LogP contribution in [0.25, 0.3) is 0 Å². The van der Waals surface area contributed by atoms with Crippen molar-refractivity contribution >= 4 is 17.5 Å². The molecule has 26 heavy (non-hydrogen) atoms. The summed E-state index contributed by atoms with van der Waals surface area (Å²) in [4.78, 5) is 20.9. The molecule has 0 radical (unpaired) electrons. The standard InChI is InChI=1S/C19H28ClN3O3/c1-14-10-23(11-15(2)26-14)18(24)12-22-8-5-16(6-9-22)13-25-19-17(20)4-3-7-21-19/h3-4,7,14-16H,5-6,8-13H2,1-2H3. The molecule has 0 bridgehead atoms. The molecular formula is C19H28ClN3O3. The number of piperidine rings is 1. The third-order valence-electron chi connectivity index (χ3n) is 5.02. The van der Waals surface area contributed by atoms with Gasteiger partial charge in [0, 0.05) is 19.3 Å². The first-order chi connectivity index (χ1) is 12.5. The Morgan fingerprint density at radius 2 is 2.00 bits per heavy atom. The Morgan fingerprint density at radius 3 is 2.65 bits per heavy atom. The molecule has 2 saturated heterocycles. The number of ether oxygens (including phenoxy) is 2. The van der Waals surface area contributed by atoms with Crippen LogP contribution < -0.4 is 4.74 Å². The first-order valence-electron chi connectivity index (χ1n) is 9.40. The zero-order valence-corrected chi connectivity index (χ0v) is 16.3. The Balaban J connectivity index is 1.39. The average molecular weight is 382 g/mol. The van der Waals surface area contributed by atoms with Gasteiger partial charge in [0.25, 0.3) is 0 Å². The molecule has 144 valence electrons. The first kappa shape index (κ1) is 19.4. The van der Waals surface area contributed by atoms with E-state index in [1.165, 1.54) is 0 Å². The molecule has 0 aliphatic carbocycles. The lowest BCUT2D eigenvalue weighted by Crippen LogP contribution is -2.51. The van der Waals surface area contributed by atoms with Crippen molar-refractivity contribution in [3.8, 4) is 5.88 Å². The van der Waals surface area contributed by atoms with E-state index >= 15 is 0 Å². The van der Waals surface area contributed by atoms with Crippen LogP contribution in [0.5, 0.6) is 5.88 Å². The van der Waals surface area contributed by atoms with Gasteiger partial charge in [-0.05, 0) is 57.8 Å². The number of rotatable bonds is 5. The van der Waals surface area contributed by atoms with Crippen LogP contribution in [-0.4, -0.2) is 72.2 Å². The summed E-state index contributed by atoms with van der Waals surface area (Å²) in [6.07, 6.45) is 3.96. The lowest BCUT2D eigenvalue weighted by Gasteiger charge is -2.37. The van der Waals surface area contributed by atoms with Crippen molar-refractivity contribution in [2.75, 3.05) is 39.3 Å². The van der Waals surface area contributed by atoms with Crippen molar-refractivity contribution < 1.29 is 14.3 Å². The SMILES string of the molecule is CC1CN(C(=O)CN2CCC(COc3ncccc3Cl)CC2)CC(C)O1. The van der Waals surface area contributed by atoms with E-state index in [-0.39, 0.29) is 18.1 Å². The number of carbonyl (C=O) groups excluding carboxylic acids is 1. The number of aromatic nitrogens is 1. The van der Waals surface area contributed by atoms with Gasteiger partial charge in [0.1, 0.15) is 5.02 Å². The van der Waals surface area contributed by atoms with Crippen LogP contribution in [0.15, 0.2) is 18.3 Å². The molecule has 2 unspecified atom stereocenters. The molecule has 1 aromatic heterocycles. The van der Waals surface area contributed by atoms with Gasteiger partial charge < -0.3 is 14.4 Å². The molecular weight excluding hydrogens is 354 g/mol. The van der Waals surface area contributed by atoms with E-state index in [1.807, 2.05) is 18.7 Å². The van der Waals surface area contributed by atoms with Crippen LogP contribution in [0.4, 0.5) is 0 Å². The lowest BCUT2D eigenvalue weighted by atomic mass is 9.98. The van der Waals surface area contributed by atoms with E-state index in [0.29, 0.717) is 43.1 Å². The Morgan fingerprint density at radius 1 is 1.31 bits per heavy atom. The number of nitrogens with zero attached hydrogens (tertiary/aromatic N) is 3. The van der Waals surface area contributed by atoms with Crippen LogP contribution in [-0.2, 0) is 9.53 Å². The molecule has 6 nitrogen and oxygen atoms in total. The number of morpholine rings is 1. The third kappa shape index (κ3) is 5.32. The summed E-state index contributed by atoms with van der Waals surface area (Å²) < 4.78 is 11.5. The number of carbonyl (C=O) groups is 1. The number of hydrogen-bond acceptors (Lipinski definition) is 5. The Bertz CT molecular complexity index is 597. The van der Waals surface area contributed by atoms with Crippen LogP contribution >= 0.6 is 11.6 Å². The van der Waals surface area contributed by atoms with Crippen molar-refractivity contribution in [3.05, 3.63) is 23.4 Å². The van der Waals surface area contributed by atoms with Gasteiger partial charge >= 0.3 is 0 Å². The predicted octanol–water partition coefficient (Wildman–Crippen LogP) is 2.46. The van der Waals surface area contributed by atoms with Crippen molar-refractivity contribution in [2.24, 2.45) is 5.92 Å². The number of amides is 1. The highest BCUT2D eigenvalue weighted by Gasteiger charge is 2.28. The Kier molecular flexibility index (Phi) is 6.73. The molecule has 3 rings (SSSR count). The zero-order valence-electron chi connectivity index (χ0n) is 15.6. The summed E-state index contributed by atoms with van der Waals surface area (Å²) in [6, 6.07) is 3.58. The second-order valence-corrected chi connectivity index (χ2v) is 7.78. The van der Waals surface area contributed by atoms with Gasteiger partial charge in [-0.15, -0.1) is 0 Å². The molecule has 2 atom stereocenters. The maximum atomic E-state index is 12.6. The van der Waals surface area contributed by atoms with Gasteiger partial charge in [-0.3, -0.25) is 9.69 Å². The van der Waals surface area contributed by atoms with Crippen molar-refractivity contribution in [1.29, 1.82) is 0 Å². The average Bonchev–Trinajstić information content (AvgIpc) is 2.61. The second kappa shape index (κ2) is 9.02. The minimum Gasteiger partial charge on any atom is -0.476 e. The first-order valence-corrected chi connectivity index (χ1v) is 9.78. The van der Waals surface area contributed by atoms with E-state index in [9.17, 15) is 4.79 Å². The summed E-state index contributed by atoms with van der Waals surface area (Å²) in [5.74, 6) is 1.19. The van der Waals surface area contributed by atoms with Gasteiger partial charge in [0.15, 0.2) is 0 Å². The maximum Gasteiger partial charge on any atom is 0.236 e. The molecule has 0 aromatic carbocycles. The Labute approximate surface area is 160 Å². The highest BCUT2D eigenvalue weighted by molar-refractivity contribution is 6.31. The minimum absolute atomic E-state index is 0.115. The molecule has 0 spiro atoms. The van der Waals surface area contributed by atoms with Crippen LogP contribution in [0, 0.1) is 5.92 Å². The predicted molar refractivity (Wildman–Crippen MR) is 100 cm³/mol. The van der Waals surface area contributed by atoms with E-state index in [4.69, 9.17) is 21.1 Å². The smallest absolute Gasteiger partial charge is 0.236 e. The number of pyridine rings is 1. The summed E-state index contributed by atoms with van der Waals surface area (Å²) >= 11 is 6.07. The van der Waals surface area contributed by atoms with Gasteiger partial charge in [-0.2, -0.15) is 0 Å². The summed E-state index contributed by atoms with van der Waals surface area (Å²) in [7, 11) is 0.